The second kappa shape index (κ2) is 7.00. The Balaban J connectivity index is 1.58. The van der Waals surface area contributed by atoms with Crippen molar-refractivity contribution in [2.75, 3.05) is 6.54 Å². The molecule has 0 spiro atoms. The van der Waals surface area contributed by atoms with Gasteiger partial charge in [-0.3, -0.25) is 9.59 Å². The summed E-state index contributed by atoms with van der Waals surface area (Å²) in [5.74, 6) is -0.361. The number of aromatic nitrogens is 1. The number of H-pyrrole nitrogens is 1. The zero-order valence-corrected chi connectivity index (χ0v) is 13.1. The van der Waals surface area contributed by atoms with Crippen LogP contribution in [0, 0.1) is 0 Å². The van der Waals surface area contributed by atoms with Crippen LogP contribution < -0.4 is 5.32 Å². The van der Waals surface area contributed by atoms with Crippen molar-refractivity contribution in [1.29, 1.82) is 0 Å². The standard InChI is InChI=1S/C19H18N2O3/c22-16-8-4-7-15-19(16)14(11-20-15)17(23)12-21-18(24)10-9-13-5-2-1-3-6-13/h1-8,11,20,22H,9-10,12H2,(H,21,24). The summed E-state index contributed by atoms with van der Waals surface area (Å²) in [4.78, 5) is 27.2. The Morgan fingerprint density at radius 2 is 1.83 bits per heavy atom. The van der Waals surface area contributed by atoms with Gasteiger partial charge in [-0.05, 0) is 24.1 Å². The van der Waals surface area contributed by atoms with Gasteiger partial charge in [-0.15, -0.1) is 0 Å². The number of amides is 1. The van der Waals surface area contributed by atoms with E-state index in [1.807, 2.05) is 30.3 Å². The number of aromatic hydroxyl groups is 1. The number of hydrogen-bond acceptors (Lipinski definition) is 3. The Morgan fingerprint density at radius 1 is 1.04 bits per heavy atom. The average molecular weight is 322 g/mol. The molecule has 5 heteroatoms. The quantitative estimate of drug-likeness (QED) is 0.610. The first-order valence-corrected chi connectivity index (χ1v) is 7.78. The maximum atomic E-state index is 12.3. The van der Waals surface area contributed by atoms with Crippen molar-refractivity contribution in [3.8, 4) is 5.75 Å². The molecule has 0 atom stereocenters. The predicted octanol–water partition coefficient (Wildman–Crippen LogP) is 2.81. The first-order chi connectivity index (χ1) is 11.6. The largest absolute Gasteiger partial charge is 0.507 e. The molecule has 1 heterocycles. The molecule has 0 bridgehead atoms. The smallest absolute Gasteiger partial charge is 0.220 e. The summed E-state index contributed by atoms with van der Waals surface area (Å²) in [5.41, 5.74) is 2.15. The lowest BCUT2D eigenvalue weighted by atomic mass is 10.1. The van der Waals surface area contributed by atoms with Crippen LogP contribution in [0.5, 0.6) is 5.75 Å². The molecule has 2 aromatic carbocycles. The van der Waals surface area contributed by atoms with Crippen molar-refractivity contribution in [3.05, 3.63) is 65.9 Å². The number of nitrogens with one attached hydrogen (secondary N) is 2. The monoisotopic (exact) mass is 322 g/mol. The molecule has 0 unspecified atom stereocenters. The maximum Gasteiger partial charge on any atom is 0.220 e. The molecule has 122 valence electrons. The van der Waals surface area contributed by atoms with E-state index >= 15 is 0 Å². The summed E-state index contributed by atoms with van der Waals surface area (Å²) in [7, 11) is 0. The molecule has 3 aromatic rings. The third-order valence-corrected chi connectivity index (χ3v) is 3.91. The van der Waals surface area contributed by atoms with Crippen LogP contribution in [0.3, 0.4) is 0 Å². The maximum absolute atomic E-state index is 12.3. The van der Waals surface area contributed by atoms with E-state index in [0.29, 0.717) is 29.3 Å². The molecule has 1 amide bonds. The number of phenols is 1. The van der Waals surface area contributed by atoms with Crippen LogP contribution in [0.15, 0.2) is 54.7 Å². The molecular formula is C19H18N2O3. The Morgan fingerprint density at radius 3 is 2.62 bits per heavy atom. The van der Waals surface area contributed by atoms with E-state index in [0.717, 1.165) is 5.56 Å². The van der Waals surface area contributed by atoms with Gasteiger partial charge >= 0.3 is 0 Å². The van der Waals surface area contributed by atoms with Gasteiger partial charge in [-0.2, -0.15) is 0 Å². The summed E-state index contributed by atoms with van der Waals surface area (Å²) < 4.78 is 0. The van der Waals surface area contributed by atoms with Crippen LogP contribution in [0.1, 0.15) is 22.3 Å². The summed E-state index contributed by atoms with van der Waals surface area (Å²) in [6.07, 6.45) is 2.52. The van der Waals surface area contributed by atoms with E-state index in [-0.39, 0.29) is 24.0 Å². The van der Waals surface area contributed by atoms with Gasteiger partial charge in [0, 0.05) is 23.7 Å². The fraction of sp³-hybridized carbons (Fsp3) is 0.158. The number of carbonyl (C=O) groups excluding carboxylic acids is 2. The first-order valence-electron chi connectivity index (χ1n) is 7.78. The van der Waals surface area contributed by atoms with E-state index < -0.39 is 0 Å². The number of phenolic OH excluding ortho intramolecular Hbond substituents is 1. The molecule has 1 aromatic heterocycles. The highest BCUT2D eigenvalue weighted by atomic mass is 16.3. The topological polar surface area (TPSA) is 82.2 Å². The molecule has 0 saturated carbocycles. The van der Waals surface area contributed by atoms with Crippen LogP contribution >= 0.6 is 0 Å². The number of fused-ring (bicyclic) bond motifs is 1. The molecule has 24 heavy (non-hydrogen) atoms. The average Bonchev–Trinajstić information content (AvgIpc) is 3.04. The predicted molar refractivity (Wildman–Crippen MR) is 92.1 cm³/mol. The van der Waals surface area contributed by atoms with E-state index in [1.54, 1.807) is 18.3 Å². The van der Waals surface area contributed by atoms with Crippen molar-refractivity contribution < 1.29 is 14.7 Å². The molecule has 3 rings (SSSR count). The van der Waals surface area contributed by atoms with Gasteiger partial charge < -0.3 is 15.4 Å². The molecule has 0 radical (unpaired) electrons. The van der Waals surface area contributed by atoms with Gasteiger partial charge in [0.1, 0.15) is 5.75 Å². The first kappa shape index (κ1) is 15.8. The third kappa shape index (κ3) is 3.46. The molecule has 0 aliphatic carbocycles. The number of ketones is 1. The molecule has 3 N–H and O–H groups in total. The summed E-state index contributed by atoms with van der Waals surface area (Å²) in [6.45, 7) is -0.0884. The third-order valence-electron chi connectivity index (χ3n) is 3.91. The minimum atomic E-state index is -0.240. The zero-order valence-electron chi connectivity index (χ0n) is 13.1. The van der Waals surface area contributed by atoms with E-state index in [2.05, 4.69) is 10.3 Å². The van der Waals surface area contributed by atoms with Crippen LogP contribution in [-0.4, -0.2) is 28.3 Å². The second-order valence-electron chi connectivity index (χ2n) is 5.59. The van der Waals surface area contributed by atoms with Gasteiger partial charge in [0.05, 0.1) is 11.9 Å². The van der Waals surface area contributed by atoms with E-state index in [4.69, 9.17) is 0 Å². The Hall–Kier alpha value is -3.08. The van der Waals surface area contributed by atoms with Gasteiger partial charge in [0.15, 0.2) is 5.78 Å². The number of aromatic amines is 1. The summed E-state index contributed by atoms with van der Waals surface area (Å²) in [5, 5.41) is 13.0. The summed E-state index contributed by atoms with van der Waals surface area (Å²) >= 11 is 0. The highest BCUT2D eigenvalue weighted by Crippen LogP contribution is 2.27. The number of hydrogen-bond donors (Lipinski definition) is 3. The van der Waals surface area contributed by atoms with Gasteiger partial charge in [-0.1, -0.05) is 36.4 Å². The molecule has 0 aliphatic heterocycles. The number of benzene rings is 2. The van der Waals surface area contributed by atoms with Crippen molar-refractivity contribution in [1.82, 2.24) is 10.3 Å². The lowest BCUT2D eigenvalue weighted by Crippen LogP contribution is -2.29. The minimum absolute atomic E-state index is 0.0486. The highest BCUT2D eigenvalue weighted by Gasteiger charge is 2.15. The minimum Gasteiger partial charge on any atom is -0.507 e. The number of aryl methyl sites for hydroxylation is 1. The zero-order chi connectivity index (χ0) is 16.9. The lowest BCUT2D eigenvalue weighted by Gasteiger charge is -2.05. The van der Waals surface area contributed by atoms with Crippen LogP contribution in [0.25, 0.3) is 10.9 Å². The van der Waals surface area contributed by atoms with Gasteiger partial charge in [0.2, 0.25) is 5.91 Å². The Kier molecular flexibility index (Phi) is 4.61. The molecule has 5 nitrogen and oxygen atoms in total. The molecule has 0 saturated heterocycles. The van der Waals surface area contributed by atoms with Crippen LogP contribution in [-0.2, 0) is 11.2 Å². The van der Waals surface area contributed by atoms with Crippen LogP contribution in [0.2, 0.25) is 0 Å². The summed E-state index contributed by atoms with van der Waals surface area (Å²) in [6, 6.07) is 14.7. The second-order valence-corrected chi connectivity index (χ2v) is 5.59. The van der Waals surface area contributed by atoms with Crippen molar-refractivity contribution in [2.45, 2.75) is 12.8 Å². The number of Topliss-reactive ketones (excluding diaryl/α,β-unsaturated/α-hetero) is 1. The SMILES string of the molecule is O=C(CCc1ccccc1)NCC(=O)c1c[nH]c2cccc(O)c12. The van der Waals surface area contributed by atoms with E-state index in [1.165, 1.54) is 6.07 Å². The number of carbonyl (C=O) groups is 2. The lowest BCUT2D eigenvalue weighted by molar-refractivity contribution is -0.120. The highest BCUT2D eigenvalue weighted by molar-refractivity contribution is 6.11. The van der Waals surface area contributed by atoms with Crippen molar-refractivity contribution >= 4 is 22.6 Å². The molecule has 0 aliphatic rings. The van der Waals surface area contributed by atoms with Gasteiger partial charge in [-0.25, -0.2) is 0 Å². The molecule has 0 fully saturated rings. The van der Waals surface area contributed by atoms with E-state index in [9.17, 15) is 14.7 Å². The fourth-order valence-electron chi connectivity index (χ4n) is 2.65. The normalized spacial score (nSPS) is 10.7. The Bertz CT molecular complexity index is 869. The molecular weight excluding hydrogens is 304 g/mol. The Labute approximate surface area is 139 Å². The van der Waals surface area contributed by atoms with Gasteiger partial charge in [0.25, 0.3) is 0 Å². The van der Waals surface area contributed by atoms with Crippen LogP contribution in [0.4, 0.5) is 0 Å². The fourth-order valence-corrected chi connectivity index (χ4v) is 2.65. The number of rotatable bonds is 6. The van der Waals surface area contributed by atoms with Crippen molar-refractivity contribution in [3.63, 3.8) is 0 Å². The van der Waals surface area contributed by atoms with Crippen molar-refractivity contribution in [2.24, 2.45) is 0 Å².